The lowest BCUT2D eigenvalue weighted by Crippen LogP contribution is -2.60. The Labute approximate surface area is 236 Å². The van der Waals surface area contributed by atoms with Gasteiger partial charge in [0.15, 0.2) is 0 Å². The van der Waals surface area contributed by atoms with Crippen molar-refractivity contribution in [3.8, 4) is 5.75 Å². The molecule has 0 aliphatic carbocycles. The van der Waals surface area contributed by atoms with E-state index in [0.717, 1.165) is 36.1 Å². The number of aliphatic hydroxyl groups is 1. The van der Waals surface area contributed by atoms with Gasteiger partial charge >= 0.3 is 0 Å². The van der Waals surface area contributed by atoms with E-state index in [0.29, 0.717) is 25.9 Å². The molecule has 3 amide bonds. The number of rotatable bonds is 4. The maximum atomic E-state index is 13.5. The van der Waals surface area contributed by atoms with Crippen LogP contribution in [-0.4, -0.2) is 78.2 Å². The first kappa shape index (κ1) is 29.6. The van der Waals surface area contributed by atoms with E-state index in [1.54, 1.807) is 0 Å². The fourth-order valence-electron chi connectivity index (χ4n) is 5.58. The molecule has 0 aromatic heterocycles. The van der Waals surface area contributed by atoms with E-state index >= 15 is 0 Å². The summed E-state index contributed by atoms with van der Waals surface area (Å²) >= 11 is 0. The number of nitrogens with one attached hydrogen (secondary N) is 3. The molecule has 2 aromatic rings. The van der Waals surface area contributed by atoms with Crippen molar-refractivity contribution in [2.45, 2.75) is 82.7 Å². The Bertz CT molecular complexity index is 1170. The molecule has 0 saturated carbocycles. The molecule has 3 unspecified atom stereocenters. The van der Waals surface area contributed by atoms with Gasteiger partial charge < -0.3 is 30.7 Å². The first-order valence-corrected chi connectivity index (χ1v) is 14.4. The number of hydrogen-bond acceptors (Lipinski definition) is 6. The Morgan fingerprint density at radius 3 is 2.42 bits per heavy atom. The number of amides is 3. The van der Waals surface area contributed by atoms with Gasteiger partial charge in [0, 0.05) is 26.6 Å². The normalized spacial score (nSPS) is 25.6. The molecule has 0 fully saturated rings. The van der Waals surface area contributed by atoms with Gasteiger partial charge in [0.25, 0.3) is 0 Å². The van der Waals surface area contributed by atoms with E-state index in [9.17, 15) is 19.5 Å². The summed E-state index contributed by atoms with van der Waals surface area (Å²) in [5.74, 6) is -0.274. The van der Waals surface area contributed by atoms with E-state index in [4.69, 9.17) is 4.74 Å². The van der Waals surface area contributed by atoms with E-state index in [-0.39, 0.29) is 24.3 Å². The van der Waals surface area contributed by atoms with Crippen LogP contribution in [0.3, 0.4) is 0 Å². The first-order valence-electron chi connectivity index (χ1n) is 14.4. The van der Waals surface area contributed by atoms with Gasteiger partial charge in [-0.15, -0.1) is 0 Å². The fourth-order valence-corrected chi connectivity index (χ4v) is 5.58. The van der Waals surface area contributed by atoms with Gasteiger partial charge in [-0.05, 0) is 55.7 Å². The summed E-state index contributed by atoms with van der Waals surface area (Å²) in [5.41, 5.74) is 3.18. The van der Waals surface area contributed by atoms with Crippen LogP contribution in [-0.2, 0) is 33.6 Å². The minimum absolute atomic E-state index is 0.0889. The van der Waals surface area contributed by atoms with Crippen molar-refractivity contribution in [2.24, 2.45) is 0 Å². The number of para-hydroxylation sites is 1. The number of ether oxygens (including phenoxy) is 1. The molecule has 4 rings (SSSR count). The molecule has 9 heteroatoms. The summed E-state index contributed by atoms with van der Waals surface area (Å²) in [4.78, 5) is 41.6. The smallest absolute Gasteiger partial charge is 0.246 e. The molecule has 2 bridgehead atoms. The minimum Gasteiger partial charge on any atom is -0.489 e. The topological polar surface area (TPSA) is 120 Å². The van der Waals surface area contributed by atoms with Gasteiger partial charge in [0.2, 0.25) is 17.7 Å². The monoisotopic (exact) mass is 550 g/mol. The molecule has 4 N–H and O–H groups in total. The summed E-state index contributed by atoms with van der Waals surface area (Å²) in [7, 11) is 1.52. The highest BCUT2D eigenvalue weighted by atomic mass is 16.5. The summed E-state index contributed by atoms with van der Waals surface area (Å²) in [6, 6.07) is 13.1. The SMILES string of the molecule is CC[C@@H]1NCC2CCc3cccc(c3O2)CCCNC(=O)C(Cc2ccccc2)NC(=O)[C@H](C(C)O)N(C)C1=O. The highest BCUT2D eigenvalue weighted by Gasteiger charge is 2.36. The van der Waals surface area contributed by atoms with Crippen LogP contribution in [0.2, 0.25) is 0 Å². The Kier molecular flexibility index (Phi) is 10.2. The second kappa shape index (κ2) is 13.8. The van der Waals surface area contributed by atoms with Crippen molar-refractivity contribution in [1.29, 1.82) is 0 Å². The average Bonchev–Trinajstić information content (AvgIpc) is 2.95. The fraction of sp³-hybridized carbons (Fsp3) is 0.516. The van der Waals surface area contributed by atoms with Crippen molar-refractivity contribution < 1.29 is 24.2 Å². The highest BCUT2D eigenvalue weighted by molar-refractivity contribution is 5.93. The Morgan fingerprint density at radius 1 is 1.00 bits per heavy atom. The number of carbonyl (C=O) groups is 3. The quantitative estimate of drug-likeness (QED) is 0.461. The standard InChI is InChI=1S/C31H42N4O5/c1-4-25-31(39)35(3)27(20(2)36)30(38)34-26(18-21-10-6-5-7-11-21)29(37)32-17-9-14-22-12-8-13-23-15-16-24(19-33-25)40-28(22)23/h5-8,10-13,20,24-27,33,36H,4,9,14-19H2,1-3H3,(H,32,37)(H,34,38)/t20?,24?,25-,26?,27-/m0/s1. The maximum Gasteiger partial charge on any atom is 0.246 e. The Hall–Kier alpha value is -3.43. The lowest BCUT2D eigenvalue weighted by atomic mass is 9.97. The molecule has 2 aliphatic rings. The zero-order chi connectivity index (χ0) is 28.6. The zero-order valence-electron chi connectivity index (χ0n) is 23.7. The summed E-state index contributed by atoms with van der Waals surface area (Å²) < 4.78 is 6.42. The van der Waals surface area contributed by atoms with Gasteiger partial charge in [0.05, 0.1) is 12.1 Å². The van der Waals surface area contributed by atoms with Crippen LogP contribution in [0.5, 0.6) is 5.75 Å². The van der Waals surface area contributed by atoms with Crippen molar-refractivity contribution in [3.05, 3.63) is 65.2 Å². The molecular formula is C31H42N4O5. The molecular weight excluding hydrogens is 508 g/mol. The third kappa shape index (κ3) is 7.20. The van der Waals surface area contributed by atoms with Crippen molar-refractivity contribution in [1.82, 2.24) is 20.9 Å². The number of nitrogens with zero attached hydrogens (tertiary/aromatic N) is 1. The predicted octanol–water partition coefficient (Wildman–Crippen LogP) is 1.75. The third-order valence-corrected chi connectivity index (χ3v) is 7.82. The minimum atomic E-state index is -1.16. The van der Waals surface area contributed by atoms with Gasteiger partial charge in [-0.1, -0.05) is 55.5 Å². The molecule has 0 radical (unpaired) electrons. The molecule has 2 heterocycles. The maximum absolute atomic E-state index is 13.5. The van der Waals surface area contributed by atoms with Crippen LogP contribution in [0.15, 0.2) is 48.5 Å². The molecule has 5 atom stereocenters. The number of likely N-dealkylation sites (N-methyl/N-ethyl adjacent to an activating group) is 1. The van der Waals surface area contributed by atoms with Crippen molar-refractivity contribution in [2.75, 3.05) is 20.1 Å². The number of carbonyl (C=O) groups excluding carboxylic acids is 3. The molecule has 0 spiro atoms. The summed E-state index contributed by atoms with van der Waals surface area (Å²) in [5, 5.41) is 19.7. The number of fused-ring (bicyclic) bond motifs is 1. The summed E-state index contributed by atoms with van der Waals surface area (Å²) in [6.45, 7) is 4.31. The second-order valence-corrected chi connectivity index (χ2v) is 10.8. The lowest BCUT2D eigenvalue weighted by molar-refractivity contribution is -0.145. The zero-order valence-corrected chi connectivity index (χ0v) is 23.7. The lowest BCUT2D eigenvalue weighted by Gasteiger charge is -2.34. The average molecular weight is 551 g/mol. The second-order valence-electron chi connectivity index (χ2n) is 10.8. The number of aliphatic hydroxyl groups excluding tert-OH is 1. The summed E-state index contributed by atoms with van der Waals surface area (Å²) in [6.07, 6.45) is 2.73. The molecule has 216 valence electrons. The number of benzene rings is 2. The van der Waals surface area contributed by atoms with E-state index in [1.165, 1.54) is 24.4 Å². The van der Waals surface area contributed by atoms with Gasteiger partial charge in [-0.2, -0.15) is 0 Å². The molecule has 40 heavy (non-hydrogen) atoms. The number of aryl methyl sites for hydroxylation is 2. The van der Waals surface area contributed by atoms with Crippen LogP contribution >= 0.6 is 0 Å². The van der Waals surface area contributed by atoms with Gasteiger partial charge in [-0.25, -0.2) is 0 Å². The van der Waals surface area contributed by atoms with Gasteiger partial charge in [-0.3, -0.25) is 14.4 Å². The molecule has 0 saturated heterocycles. The van der Waals surface area contributed by atoms with Crippen LogP contribution in [0.25, 0.3) is 0 Å². The predicted molar refractivity (Wildman–Crippen MR) is 153 cm³/mol. The van der Waals surface area contributed by atoms with Crippen molar-refractivity contribution in [3.63, 3.8) is 0 Å². The Balaban J connectivity index is 1.62. The van der Waals surface area contributed by atoms with Crippen LogP contribution in [0.4, 0.5) is 0 Å². The van der Waals surface area contributed by atoms with E-state index in [1.807, 2.05) is 43.3 Å². The third-order valence-electron chi connectivity index (χ3n) is 7.82. The Morgan fingerprint density at radius 2 is 1.73 bits per heavy atom. The molecule has 2 aliphatic heterocycles. The van der Waals surface area contributed by atoms with E-state index < -0.39 is 30.1 Å². The molecule has 9 nitrogen and oxygen atoms in total. The highest BCUT2D eigenvalue weighted by Crippen LogP contribution is 2.32. The van der Waals surface area contributed by atoms with Crippen LogP contribution in [0, 0.1) is 0 Å². The largest absolute Gasteiger partial charge is 0.489 e. The first-order chi connectivity index (χ1) is 19.3. The van der Waals surface area contributed by atoms with Gasteiger partial charge in [0.1, 0.15) is 23.9 Å². The van der Waals surface area contributed by atoms with Crippen LogP contribution in [0.1, 0.15) is 49.8 Å². The number of hydrogen-bond donors (Lipinski definition) is 4. The van der Waals surface area contributed by atoms with E-state index in [2.05, 4.69) is 28.1 Å². The van der Waals surface area contributed by atoms with Crippen LogP contribution < -0.4 is 20.7 Å². The molecule has 2 aromatic carbocycles. The van der Waals surface area contributed by atoms with Crippen molar-refractivity contribution >= 4 is 17.7 Å².